The number of rotatable bonds is 8. The second kappa shape index (κ2) is 9.76. The van der Waals surface area contributed by atoms with Gasteiger partial charge in [-0.2, -0.15) is 0 Å². The van der Waals surface area contributed by atoms with Crippen molar-refractivity contribution in [1.82, 2.24) is 9.62 Å². The molecule has 2 aromatic carbocycles. The molecule has 10 heteroatoms. The molecule has 1 aliphatic heterocycles. The number of halogens is 3. The standard InChI is InChI=1S/C25H27ClF2N2O4S/c26-23-11-18(27)4-3-16(23)9-19-14-30(7-8-34-19)13-17-10-24(28)22(12-21(17)15-1-2-15)25(31)29-35(32,33)20-5-6-20/h3-4,10-12,15,19-20H,1-2,5-9,13-14H2,(H,29,31). The number of carbonyl (C=O) groups excluding carboxylic acids is 1. The lowest BCUT2D eigenvalue weighted by atomic mass is 9.98. The van der Waals surface area contributed by atoms with Gasteiger partial charge in [0.15, 0.2) is 0 Å². The van der Waals surface area contributed by atoms with Gasteiger partial charge in [-0.25, -0.2) is 21.9 Å². The Bertz CT molecular complexity index is 1250. The molecule has 188 valence electrons. The third-order valence-electron chi connectivity index (χ3n) is 6.77. The van der Waals surface area contributed by atoms with Gasteiger partial charge in [-0.05, 0) is 72.6 Å². The number of nitrogens with zero attached hydrogens (tertiary/aromatic N) is 1. The molecule has 0 aromatic heterocycles. The summed E-state index contributed by atoms with van der Waals surface area (Å²) in [6, 6.07) is 7.22. The Balaban J connectivity index is 1.30. The van der Waals surface area contributed by atoms with E-state index in [1.54, 1.807) is 6.07 Å². The van der Waals surface area contributed by atoms with Crippen LogP contribution in [0.5, 0.6) is 0 Å². The fourth-order valence-electron chi connectivity index (χ4n) is 4.58. The SMILES string of the molecule is O=C(NS(=O)(=O)C1CC1)c1cc(C2CC2)c(CN2CCOC(Cc3ccc(F)cc3Cl)C2)cc1F. The third-order valence-corrected chi connectivity index (χ3v) is 8.94. The van der Waals surface area contributed by atoms with Gasteiger partial charge >= 0.3 is 0 Å². The van der Waals surface area contributed by atoms with Crippen molar-refractivity contribution in [2.24, 2.45) is 0 Å². The first-order valence-corrected chi connectivity index (χ1v) is 13.8. The van der Waals surface area contributed by atoms with Crippen LogP contribution < -0.4 is 4.72 Å². The minimum Gasteiger partial charge on any atom is -0.375 e. The molecule has 3 aliphatic rings. The first kappa shape index (κ1) is 24.6. The lowest BCUT2D eigenvalue weighted by Crippen LogP contribution is -2.43. The van der Waals surface area contributed by atoms with E-state index in [2.05, 4.69) is 4.90 Å². The number of sulfonamides is 1. The van der Waals surface area contributed by atoms with Gasteiger partial charge in [-0.3, -0.25) is 9.69 Å². The monoisotopic (exact) mass is 524 g/mol. The topological polar surface area (TPSA) is 75.7 Å². The van der Waals surface area contributed by atoms with Gasteiger partial charge in [0, 0.05) is 31.1 Å². The third kappa shape index (κ3) is 5.85. The molecule has 2 aliphatic carbocycles. The number of carbonyl (C=O) groups is 1. The second-order valence-corrected chi connectivity index (χ2v) is 12.0. The van der Waals surface area contributed by atoms with Gasteiger partial charge in [0.1, 0.15) is 11.6 Å². The van der Waals surface area contributed by atoms with Crippen LogP contribution in [0.4, 0.5) is 8.78 Å². The summed E-state index contributed by atoms with van der Waals surface area (Å²) in [5, 5.41) is -0.197. The average Bonchev–Trinajstić information content (AvgIpc) is 3.68. The summed E-state index contributed by atoms with van der Waals surface area (Å²) in [5.41, 5.74) is 2.27. The van der Waals surface area contributed by atoms with Crippen molar-refractivity contribution in [3.05, 3.63) is 69.2 Å². The molecule has 0 radical (unpaired) electrons. The largest absolute Gasteiger partial charge is 0.375 e. The van der Waals surface area contributed by atoms with Crippen LogP contribution in [-0.2, 0) is 27.7 Å². The van der Waals surface area contributed by atoms with Crippen LogP contribution in [0, 0.1) is 11.6 Å². The number of ether oxygens (including phenoxy) is 1. The minimum absolute atomic E-state index is 0.140. The fourth-order valence-corrected chi connectivity index (χ4v) is 6.12. The summed E-state index contributed by atoms with van der Waals surface area (Å²) < 4.78 is 60.6. The van der Waals surface area contributed by atoms with Crippen LogP contribution in [0.3, 0.4) is 0 Å². The van der Waals surface area contributed by atoms with Crippen LogP contribution in [0.25, 0.3) is 0 Å². The second-order valence-electron chi connectivity index (χ2n) is 9.65. The van der Waals surface area contributed by atoms with Gasteiger partial charge in [0.2, 0.25) is 10.0 Å². The van der Waals surface area contributed by atoms with E-state index in [1.165, 1.54) is 24.3 Å². The van der Waals surface area contributed by atoms with Crippen LogP contribution in [0.1, 0.15) is 58.6 Å². The molecule has 2 saturated carbocycles. The van der Waals surface area contributed by atoms with E-state index >= 15 is 4.39 Å². The van der Waals surface area contributed by atoms with Gasteiger partial charge in [-0.15, -0.1) is 0 Å². The highest BCUT2D eigenvalue weighted by molar-refractivity contribution is 7.91. The van der Waals surface area contributed by atoms with Crippen molar-refractivity contribution in [1.29, 1.82) is 0 Å². The molecular weight excluding hydrogens is 498 g/mol. The molecule has 35 heavy (non-hydrogen) atoms. The quantitative estimate of drug-likeness (QED) is 0.561. The van der Waals surface area contributed by atoms with Crippen LogP contribution in [-0.4, -0.2) is 50.3 Å². The predicted molar refractivity (Wildman–Crippen MR) is 128 cm³/mol. The molecule has 1 saturated heterocycles. The summed E-state index contributed by atoms with van der Waals surface area (Å²) in [5.74, 6) is -1.78. The Morgan fingerprint density at radius 3 is 2.57 bits per heavy atom. The maximum absolute atomic E-state index is 15.0. The van der Waals surface area contributed by atoms with E-state index in [9.17, 15) is 17.6 Å². The maximum atomic E-state index is 15.0. The summed E-state index contributed by atoms with van der Waals surface area (Å²) in [7, 11) is -3.76. The Labute approximate surface area is 208 Å². The van der Waals surface area contributed by atoms with Gasteiger partial charge < -0.3 is 4.74 Å². The zero-order valence-corrected chi connectivity index (χ0v) is 20.7. The Morgan fingerprint density at radius 1 is 1.11 bits per heavy atom. The summed E-state index contributed by atoms with van der Waals surface area (Å²) in [6.07, 6.45) is 3.34. The van der Waals surface area contributed by atoms with Gasteiger partial charge in [0.05, 0.1) is 23.5 Å². The molecule has 2 aromatic rings. The average molecular weight is 525 g/mol. The molecule has 0 bridgehead atoms. The minimum atomic E-state index is -3.76. The van der Waals surface area contributed by atoms with Crippen LogP contribution >= 0.6 is 11.6 Å². The first-order chi connectivity index (χ1) is 16.7. The van der Waals surface area contributed by atoms with E-state index in [-0.39, 0.29) is 23.4 Å². The number of hydrogen-bond donors (Lipinski definition) is 1. The highest BCUT2D eigenvalue weighted by Gasteiger charge is 2.38. The van der Waals surface area contributed by atoms with Crippen molar-refractivity contribution in [2.75, 3.05) is 19.7 Å². The smallest absolute Gasteiger partial charge is 0.267 e. The van der Waals surface area contributed by atoms with Crippen LogP contribution in [0.2, 0.25) is 5.02 Å². The van der Waals surface area contributed by atoms with E-state index in [0.29, 0.717) is 50.5 Å². The highest BCUT2D eigenvalue weighted by Crippen LogP contribution is 2.43. The number of hydrogen-bond acceptors (Lipinski definition) is 5. The number of nitrogens with one attached hydrogen (secondary N) is 1. The van der Waals surface area contributed by atoms with Crippen molar-refractivity contribution in [3.63, 3.8) is 0 Å². The number of amides is 1. The molecule has 1 N–H and O–H groups in total. The Morgan fingerprint density at radius 2 is 1.89 bits per heavy atom. The molecule has 1 amide bonds. The van der Waals surface area contributed by atoms with Crippen LogP contribution in [0.15, 0.2) is 30.3 Å². The van der Waals surface area contributed by atoms with E-state index < -0.39 is 27.0 Å². The summed E-state index contributed by atoms with van der Waals surface area (Å²) >= 11 is 6.17. The normalized spacial score (nSPS) is 21.2. The zero-order valence-electron chi connectivity index (χ0n) is 19.1. The molecule has 3 fully saturated rings. The number of benzene rings is 2. The Kier molecular flexibility index (Phi) is 6.87. The Hall–Kier alpha value is -2.07. The molecule has 1 heterocycles. The van der Waals surface area contributed by atoms with Crippen molar-refractivity contribution < 1.29 is 26.7 Å². The van der Waals surface area contributed by atoms with Crippen molar-refractivity contribution in [2.45, 2.75) is 55.9 Å². The zero-order chi connectivity index (χ0) is 24.7. The fraction of sp³-hybridized carbons (Fsp3) is 0.480. The predicted octanol–water partition coefficient (Wildman–Crippen LogP) is 4.16. The highest BCUT2D eigenvalue weighted by atomic mass is 35.5. The molecule has 0 spiro atoms. The summed E-state index contributed by atoms with van der Waals surface area (Å²) in [4.78, 5) is 14.8. The van der Waals surface area contributed by atoms with E-state index in [1.807, 2.05) is 4.72 Å². The molecule has 1 unspecified atom stereocenters. The van der Waals surface area contributed by atoms with Gasteiger partial charge in [0.25, 0.3) is 5.91 Å². The van der Waals surface area contributed by atoms with E-state index in [4.69, 9.17) is 16.3 Å². The first-order valence-electron chi connectivity index (χ1n) is 11.9. The molecule has 5 rings (SSSR count). The molecular formula is C25H27ClF2N2O4S. The molecule has 6 nitrogen and oxygen atoms in total. The van der Waals surface area contributed by atoms with Gasteiger partial charge in [-0.1, -0.05) is 17.7 Å². The van der Waals surface area contributed by atoms with Crippen molar-refractivity contribution >= 4 is 27.5 Å². The maximum Gasteiger partial charge on any atom is 0.267 e. The number of morpholine rings is 1. The van der Waals surface area contributed by atoms with E-state index in [0.717, 1.165) is 29.5 Å². The molecule has 1 atom stereocenters. The lowest BCUT2D eigenvalue weighted by Gasteiger charge is -2.33. The van der Waals surface area contributed by atoms with Crippen molar-refractivity contribution in [3.8, 4) is 0 Å². The lowest BCUT2D eigenvalue weighted by molar-refractivity contribution is -0.0305. The summed E-state index contributed by atoms with van der Waals surface area (Å²) in [6.45, 7) is 2.26.